The van der Waals surface area contributed by atoms with E-state index in [0.717, 1.165) is 0 Å². The minimum absolute atomic E-state index is 0.272. The Balaban J connectivity index is 2.20. The van der Waals surface area contributed by atoms with E-state index < -0.39 is 43.1 Å². The average molecular weight is 380 g/mol. The Bertz CT molecular complexity index is 423. The van der Waals surface area contributed by atoms with Crippen LogP contribution in [0.3, 0.4) is 0 Å². The van der Waals surface area contributed by atoms with Crippen molar-refractivity contribution in [3.63, 3.8) is 0 Å². The van der Waals surface area contributed by atoms with Gasteiger partial charge in [0.1, 0.15) is 36.6 Å². The van der Waals surface area contributed by atoms with E-state index in [2.05, 4.69) is 0 Å². The third-order valence-corrected chi connectivity index (χ3v) is 5.12. The molecule has 0 aliphatic carbocycles. The lowest BCUT2D eigenvalue weighted by molar-refractivity contribution is -0.356. The smallest absolute Gasteiger partial charge is 0.187 e. The number of aliphatic hydroxyl groups is 1. The Morgan fingerprint density at radius 1 is 0.577 bits per heavy atom. The molecule has 2 aliphatic rings. The van der Waals surface area contributed by atoms with Crippen molar-refractivity contribution >= 4 is 0 Å². The number of aliphatic hydroxyl groups excluding tert-OH is 1. The second kappa shape index (κ2) is 9.72. The van der Waals surface area contributed by atoms with Crippen LogP contribution in [0.15, 0.2) is 0 Å². The molecule has 2 saturated heterocycles. The number of hydrogen-bond acceptors (Lipinski definition) is 9. The highest BCUT2D eigenvalue weighted by Crippen LogP contribution is 2.32. The molecule has 2 fully saturated rings. The fourth-order valence-corrected chi connectivity index (χ4v) is 3.78. The predicted octanol–water partition coefficient (Wildman–Crippen LogP) is -0.0715. The largest absolute Gasteiger partial charge is 0.376 e. The molecular formula is C17H32O9. The van der Waals surface area contributed by atoms with Gasteiger partial charge in [0.15, 0.2) is 12.6 Å². The SMILES string of the molecule is COC1C(C)OC(OC2C(C)OC(O)C(OC)C2OC)C(OC)C1OC. The van der Waals surface area contributed by atoms with Gasteiger partial charge in [0.25, 0.3) is 0 Å². The molecule has 1 N–H and O–H groups in total. The minimum Gasteiger partial charge on any atom is -0.376 e. The van der Waals surface area contributed by atoms with Crippen molar-refractivity contribution in [1.29, 1.82) is 0 Å². The molecule has 0 saturated carbocycles. The highest BCUT2D eigenvalue weighted by Gasteiger charge is 2.51. The molecule has 0 aromatic rings. The summed E-state index contributed by atoms with van der Waals surface area (Å²) >= 11 is 0. The molecule has 154 valence electrons. The van der Waals surface area contributed by atoms with Crippen molar-refractivity contribution < 1.29 is 43.0 Å². The summed E-state index contributed by atoms with van der Waals surface area (Å²) < 4.78 is 45.3. The second-order valence-corrected chi connectivity index (χ2v) is 6.54. The van der Waals surface area contributed by atoms with E-state index >= 15 is 0 Å². The molecule has 0 radical (unpaired) electrons. The van der Waals surface area contributed by atoms with Crippen molar-refractivity contribution in [2.45, 2.75) is 75.3 Å². The third kappa shape index (κ3) is 4.21. The standard InChI is InChI=1S/C17H32O9/c1-8-10(19-3)12(20-4)15(23-7)17(25-8)26-11-9(2)24-16(18)14(22-6)13(11)21-5/h8-18H,1-7H3. The zero-order valence-electron chi connectivity index (χ0n) is 16.5. The van der Waals surface area contributed by atoms with Crippen LogP contribution in [0.25, 0.3) is 0 Å². The van der Waals surface area contributed by atoms with Gasteiger partial charge in [0, 0.05) is 35.5 Å². The van der Waals surface area contributed by atoms with Crippen LogP contribution in [0.1, 0.15) is 13.8 Å². The van der Waals surface area contributed by atoms with Crippen molar-refractivity contribution in [2.24, 2.45) is 0 Å². The van der Waals surface area contributed by atoms with Gasteiger partial charge in [-0.1, -0.05) is 0 Å². The Labute approximate surface area is 154 Å². The van der Waals surface area contributed by atoms with Crippen molar-refractivity contribution in [3.8, 4) is 0 Å². The second-order valence-electron chi connectivity index (χ2n) is 6.54. The molecule has 10 unspecified atom stereocenters. The lowest BCUT2D eigenvalue weighted by atomic mass is 9.97. The maximum atomic E-state index is 10.1. The van der Waals surface area contributed by atoms with Crippen LogP contribution in [0.4, 0.5) is 0 Å². The molecule has 9 nitrogen and oxygen atoms in total. The van der Waals surface area contributed by atoms with Gasteiger partial charge in [-0.15, -0.1) is 0 Å². The molecule has 26 heavy (non-hydrogen) atoms. The highest BCUT2D eigenvalue weighted by molar-refractivity contribution is 4.94. The molecule has 2 rings (SSSR count). The van der Waals surface area contributed by atoms with Gasteiger partial charge >= 0.3 is 0 Å². The lowest BCUT2D eigenvalue weighted by Crippen LogP contribution is -2.64. The maximum Gasteiger partial charge on any atom is 0.187 e. The van der Waals surface area contributed by atoms with Crippen LogP contribution in [-0.2, 0) is 37.9 Å². The molecule has 2 heterocycles. The molecule has 0 spiro atoms. The third-order valence-electron chi connectivity index (χ3n) is 5.12. The summed E-state index contributed by atoms with van der Waals surface area (Å²) in [6.07, 6.45) is -5.51. The number of hydrogen-bond donors (Lipinski definition) is 1. The van der Waals surface area contributed by atoms with E-state index in [1.54, 1.807) is 28.3 Å². The Hall–Kier alpha value is -0.360. The highest BCUT2D eigenvalue weighted by atomic mass is 16.7. The van der Waals surface area contributed by atoms with E-state index in [9.17, 15) is 5.11 Å². The first-order valence-corrected chi connectivity index (χ1v) is 8.71. The first-order chi connectivity index (χ1) is 12.4. The van der Waals surface area contributed by atoms with Gasteiger partial charge in [-0.3, -0.25) is 0 Å². The molecule has 0 aromatic heterocycles. The van der Waals surface area contributed by atoms with E-state index in [1.165, 1.54) is 14.2 Å². The topological polar surface area (TPSA) is 94.1 Å². The van der Waals surface area contributed by atoms with Crippen LogP contribution < -0.4 is 0 Å². The minimum atomic E-state index is -1.10. The normalized spacial score (nSPS) is 47.1. The summed E-state index contributed by atoms with van der Waals surface area (Å²) in [4.78, 5) is 0. The van der Waals surface area contributed by atoms with Crippen LogP contribution in [0.2, 0.25) is 0 Å². The summed E-state index contributed by atoms with van der Waals surface area (Å²) in [5.74, 6) is 0. The van der Waals surface area contributed by atoms with Crippen LogP contribution >= 0.6 is 0 Å². The predicted molar refractivity (Wildman–Crippen MR) is 89.7 cm³/mol. The molecule has 0 bridgehead atoms. The quantitative estimate of drug-likeness (QED) is 0.651. The molecule has 0 amide bonds. The molecule has 9 heteroatoms. The zero-order valence-corrected chi connectivity index (χ0v) is 16.5. The van der Waals surface area contributed by atoms with Crippen LogP contribution in [0.5, 0.6) is 0 Å². The summed E-state index contributed by atoms with van der Waals surface area (Å²) in [5, 5.41) is 10.1. The molecule has 10 atom stereocenters. The summed E-state index contributed by atoms with van der Waals surface area (Å²) in [6, 6.07) is 0. The summed E-state index contributed by atoms with van der Waals surface area (Å²) in [7, 11) is 7.79. The first-order valence-electron chi connectivity index (χ1n) is 8.71. The monoisotopic (exact) mass is 380 g/mol. The van der Waals surface area contributed by atoms with Crippen molar-refractivity contribution in [2.75, 3.05) is 35.5 Å². The average Bonchev–Trinajstić information content (AvgIpc) is 2.62. The van der Waals surface area contributed by atoms with Crippen molar-refractivity contribution in [1.82, 2.24) is 0 Å². The summed E-state index contributed by atoms with van der Waals surface area (Å²) in [5.41, 5.74) is 0. The number of ether oxygens (including phenoxy) is 8. The number of rotatable bonds is 7. The Morgan fingerprint density at radius 2 is 1.04 bits per heavy atom. The Morgan fingerprint density at radius 3 is 1.54 bits per heavy atom. The van der Waals surface area contributed by atoms with Gasteiger partial charge in [-0.25, -0.2) is 0 Å². The Kier molecular flexibility index (Phi) is 8.20. The van der Waals surface area contributed by atoms with Gasteiger partial charge in [0.2, 0.25) is 0 Å². The molecule has 0 aromatic carbocycles. The zero-order chi connectivity index (χ0) is 19.4. The van der Waals surface area contributed by atoms with Gasteiger partial charge < -0.3 is 43.0 Å². The van der Waals surface area contributed by atoms with Crippen molar-refractivity contribution in [3.05, 3.63) is 0 Å². The van der Waals surface area contributed by atoms with E-state index in [0.29, 0.717) is 0 Å². The fraction of sp³-hybridized carbons (Fsp3) is 1.00. The van der Waals surface area contributed by atoms with Crippen LogP contribution in [-0.4, -0.2) is 102 Å². The first kappa shape index (κ1) is 21.9. The van der Waals surface area contributed by atoms with E-state index in [-0.39, 0.29) is 18.3 Å². The maximum absolute atomic E-state index is 10.1. The molecular weight excluding hydrogens is 348 g/mol. The van der Waals surface area contributed by atoms with Gasteiger partial charge in [-0.05, 0) is 13.8 Å². The van der Waals surface area contributed by atoms with E-state index in [1.807, 2.05) is 6.92 Å². The summed E-state index contributed by atoms with van der Waals surface area (Å²) in [6.45, 7) is 3.68. The van der Waals surface area contributed by atoms with Crippen LogP contribution in [0, 0.1) is 0 Å². The van der Waals surface area contributed by atoms with Gasteiger partial charge in [-0.2, -0.15) is 0 Å². The lowest BCUT2D eigenvalue weighted by Gasteiger charge is -2.48. The van der Waals surface area contributed by atoms with Gasteiger partial charge in [0.05, 0.1) is 12.2 Å². The van der Waals surface area contributed by atoms with E-state index in [4.69, 9.17) is 37.9 Å². The molecule has 2 aliphatic heterocycles. The number of methoxy groups -OCH3 is 5. The fourth-order valence-electron chi connectivity index (χ4n) is 3.78.